The molecule has 7 heteroatoms. The van der Waals surface area contributed by atoms with Crippen LogP contribution in [0.5, 0.6) is 5.75 Å². The maximum atomic E-state index is 13.4. The van der Waals surface area contributed by atoms with Crippen molar-refractivity contribution in [2.45, 2.75) is 19.0 Å². The Morgan fingerprint density at radius 1 is 1.00 bits per heavy atom. The summed E-state index contributed by atoms with van der Waals surface area (Å²) in [7, 11) is 1.53. The van der Waals surface area contributed by atoms with Crippen molar-refractivity contribution in [3.8, 4) is 5.75 Å². The zero-order valence-corrected chi connectivity index (χ0v) is 18.4. The fraction of sp³-hybridized carbons (Fsp3) is 0.200. The SMILES string of the molecule is CNC(=O)[C@@H](Cc1ccccc1)N(Cc1ccc(F)cc1)C(=O)COc1cccc(Cl)c1. The molecule has 0 aromatic heterocycles. The summed E-state index contributed by atoms with van der Waals surface area (Å²) < 4.78 is 19.0. The Morgan fingerprint density at radius 2 is 1.72 bits per heavy atom. The van der Waals surface area contributed by atoms with E-state index in [9.17, 15) is 14.0 Å². The number of likely N-dealkylation sites (N-methyl/N-ethyl adjacent to an activating group) is 1. The van der Waals surface area contributed by atoms with Crippen LogP contribution in [-0.2, 0) is 22.6 Å². The van der Waals surface area contributed by atoms with Crippen molar-refractivity contribution >= 4 is 23.4 Å². The van der Waals surface area contributed by atoms with E-state index in [0.29, 0.717) is 22.8 Å². The maximum absolute atomic E-state index is 13.4. The molecule has 5 nitrogen and oxygen atoms in total. The van der Waals surface area contributed by atoms with E-state index < -0.39 is 6.04 Å². The Labute approximate surface area is 191 Å². The highest BCUT2D eigenvalue weighted by Gasteiger charge is 2.30. The van der Waals surface area contributed by atoms with E-state index in [4.69, 9.17) is 16.3 Å². The van der Waals surface area contributed by atoms with Gasteiger partial charge in [-0.15, -0.1) is 0 Å². The van der Waals surface area contributed by atoms with E-state index in [1.54, 1.807) is 36.4 Å². The molecule has 0 aliphatic heterocycles. The molecular weight excluding hydrogens is 431 g/mol. The molecule has 3 rings (SSSR count). The van der Waals surface area contributed by atoms with Crippen LogP contribution in [0.2, 0.25) is 5.02 Å². The number of nitrogens with zero attached hydrogens (tertiary/aromatic N) is 1. The molecule has 0 spiro atoms. The predicted octanol–water partition coefficient (Wildman–Crippen LogP) is 4.24. The van der Waals surface area contributed by atoms with Crippen LogP contribution in [0.4, 0.5) is 4.39 Å². The Kier molecular flexibility index (Phi) is 8.22. The first kappa shape index (κ1) is 23.3. The molecule has 0 unspecified atom stereocenters. The second kappa shape index (κ2) is 11.3. The largest absolute Gasteiger partial charge is 0.484 e. The highest BCUT2D eigenvalue weighted by Crippen LogP contribution is 2.19. The molecule has 2 amide bonds. The third-order valence-electron chi connectivity index (χ3n) is 4.94. The summed E-state index contributed by atoms with van der Waals surface area (Å²) in [5, 5.41) is 3.14. The smallest absolute Gasteiger partial charge is 0.261 e. The van der Waals surface area contributed by atoms with E-state index >= 15 is 0 Å². The van der Waals surface area contributed by atoms with Crippen LogP contribution in [0.15, 0.2) is 78.9 Å². The van der Waals surface area contributed by atoms with Gasteiger partial charge < -0.3 is 15.0 Å². The molecule has 0 saturated heterocycles. The molecule has 1 N–H and O–H groups in total. The summed E-state index contributed by atoms with van der Waals surface area (Å²) in [4.78, 5) is 27.5. The molecule has 0 radical (unpaired) electrons. The minimum Gasteiger partial charge on any atom is -0.484 e. The van der Waals surface area contributed by atoms with Crippen LogP contribution in [-0.4, -0.2) is 36.4 Å². The van der Waals surface area contributed by atoms with E-state index in [2.05, 4.69) is 5.32 Å². The van der Waals surface area contributed by atoms with Gasteiger partial charge in [-0.25, -0.2) is 4.39 Å². The average Bonchev–Trinajstić information content (AvgIpc) is 2.81. The zero-order chi connectivity index (χ0) is 22.9. The van der Waals surface area contributed by atoms with E-state index in [1.165, 1.54) is 24.1 Å². The van der Waals surface area contributed by atoms with Crippen LogP contribution < -0.4 is 10.1 Å². The quantitative estimate of drug-likeness (QED) is 0.526. The summed E-state index contributed by atoms with van der Waals surface area (Å²) in [5.41, 5.74) is 1.61. The maximum Gasteiger partial charge on any atom is 0.261 e. The van der Waals surface area contributed by atoms with Gasteiger partial charge in [0.1, 0.15) is 17.6 Å². The lowest BCUT2D eigenvalue weighted by molar-refractivity contribution is -0.142. The summed E-state index contributed by atoms with van der Waals surface area (Å²) in [6.45, 7) is -0.146. The number of rotatable bonds is 9. The van der Waals surface area contributed by atoms with Gasteiger partial charge in [-0.05, 0) is 41.5 Å². The first-order chi connectivity index (χ1) is 15.5. The fourth-order valence-corrected chi connectivity index (χ4v) is 3.47. The number of ether oxygens (including phenoxy) is 1. The van der Waals surface area contributed by atoms with Gasteiger partial charge in [0.15, 0.2) is 6.61 Å². The predicted molar refractivity (Wildman–Crippen MR) is 122 cm³/mol. The van der Waals surface area contributed by atoms with Gasteiger partial charge >= 0.3 is 0 Å². The Morgan fingerprint density at radius 3 is 2.38 bits per heavy atom. The van der Waals surface area contributed by atoms with Crippen LogP contribution in [0.25, 0.3) is 0 Å². The second-order valence-electron chi connectivity index (χ2n) is 7.21. The van der Waals surface area contributed by atoms with Gasteiger partial charge in [0.05, 0.1) is 0 Å². The number of halogens is 2. The molecule has 166 valence electrons. The molecule has 0 aliphatic carbocycles. The number of carbonyl (C=O) groups excluding carboxylic acids is 2. The lowest BCUT2D eigenvalue weighted by Crippen LogP contribution is -2.51. The van der Waals surface area contributed by atoms with Crippen molar-refractivity contribution in [3.05, 3.63) is 101 Å². The van der Waals surface area contributed by atoms with Crippen molar-refractivity contribution < 1.29 is 18.7 Å². The molecule has 32 heavy (non-hydrogen) atoms. The zero-order valence-electron chi connectivity index (χ0n) is 17.6. The first-order valence-electron chi connectivity index (χ1n) is 10.1. The summed E-state index contributed by atoms with van der Waals surface area (Å²) in [6, 6.07) is 21.3. The molecule has 1 atom stereocenters. The number of hydrogen-bond acceptors (Lipinski definition) is 3. The van der Waals surface area contributed by atoms with Gasteiger partial charge in [0.25, 0.3) is 5.91 Å². The molecular formula is C25H24ClFN2O3. The lowest BCUT2D eigenvalue weighted by atomic mass is 10.0. The average molecular weight is 455 g/mol. The molecule has 0 bridgehead atoms. The van der Waals surface area contributed by atoms with Crippen molar-refractivity contribution in [2.24, 2.45) is 0 Å². The molecule has 0 heterocycles. The van der Waals surface area contributed by atoms with Gasteiger partial charge in [-0.2, -0.15) is 0 Å². The monoisotopic (exact) mass is 454 g/mol. The summed E-state index contributed by atoms with van der Waals surface area (Å²) >= 11 is 5.98. The third-order valence-corrected chi connectivity index (χ3v) is 5.18. The highest BCUT2D eigenvalue weighted by atomic mass is 35.5. The Bertz CT molecular complexity index is 1040. The number of amides is 2. The summed E-state index contributed by atoms with van der Waals surface area (Å²) in [6.07, 6.45) is 0.324. The minimum atomic E-state index is -0.775. The van der Waals surface area contributed by atoms with Crippen LogP contribution >= 0.6 is 11.6 Å². The van der Waals surface area contributed by atoms with Crippen molar-refractivity contribution in [3.63, 3.8) is 0 Å². The molecule has 3 aromatic carbocycles. The summed E-state index contributed by atoms with van der Waals surface area (Å²) in [5.74, 6) is -0.596. The second-order valence-corrected chi connectivity index (χ2v) is 7.65. The lowest BCUT2D eigenvalue weighted by Gasteiger charge is -2.31. The highest BCUT2D eigenvalue weighted by molar-refractivity contribution is 6.30. The molecule has 0 saturated carbocycles. The van der Waals surface area contributed by atoms with Crippen molar-refractivity contribution in [2.75, 3.05) is 13.7 Å². The Balaban J connectivity index is 1.86. The van der Waals surface area contributed by atoms with Gasteiger partial charge in [-0.3, -0.25) is 9.59 Å². The van der Waals surface area contributed by atoms with Gasteiger partial charge in [0.2, 0.25) is 5.91 Å². The number of benzene rings is 3. The third kappa shape index (κ3) is 6.56. The van der Waals surface area contributed by atoms with Crippen LogP contribution in [0, 0.1) is 5.82 Å². The normalized spacial score (nSPS) is 11.5. The standard InChI is InChI=1S/C25H24ClFN2O3/c1-28-25(31)23(14-18-6-3-2-4-7-18)29(16-19-10-12-21(27)13-11-19)24(30)17-32-22-9-5-8-20(26)15-22/h2-13,15,23H,14,16-17H2,1H3,(H,28,31)/t23-/m1/s1. The number of nitrogens with one attached hydrogen (secondary N) is 1. The molecule has 0 fully saturated rings. The topological polar surface area (TPSA) is 58.6 Å². The van der Waals surface area contributed by atoms with Crippen LogP contribution in [0.3, 0.4) is 0 Å². The van der Waals surface area contributed by atoms with E-state index in [1.807, 2.05) is 30.3 Å². The van der Waals surface area contributed by atoms with Crippen molar-refractivity contribution in [1.82, 2.24) is 10.2 Å². The number of carbonyl (C=O) groups is 2. The Hall–Kier alpha value is -3.38. The first-order valence-corrected chi connectivity index (χ1v) is 10.5. The van der Waals surface area contributed by atoms with E-state index in [0.717, 1.165) is 5.56 Å². The van der Waals surface area contributed by atoms with Gasteiger partial charge in [-0.1, -0.05) is 60.1 Å². The minimum absolute atomic E-state index is 0.128. The van der Waals surface area contributed by atoms with Crippen LogP contribution in [0.1, 0.15) is 11.1 Å². The van der Waals surface area contributed by atoms with E-state index in [-0.39, 0.29) is 30.8 Å². The molecule has 3 aromatic rings. The number of hydrogen-bond donors (Lipinski definition) is 1. The van der Waals surface area contributed by atoms with Crippen molar-refractivity contribution in [1.29, 1.82) is 0 Å². The molecule has 0 aliphatic rings. The van der Waals surface area contributed by atoms with Gasteiger partial charge in [0, 0.05) is 25.0 Å². The fourth-order valence-electron chi connectivity index (χ4n) is 3.29.